The number of rotatable bonds is 9. The fraction of sp³-hybridized carbons (Fsp3) is 0.385. The van der Waals surface area contributed by atoms with E-state index in [9.17, 15) is 9.59 Å². The number of esters is 1. The van der Waals surface area contributed by atoms with Crippen molar-refractivity contribution in [1.82, 2.24) is 5.32 Å². The van der Waals surface area contributed by atoms with Gasteiger partial charge in [0.2, 0.25) is 0 Å². The summed E-state index contributed by atoms with van der Waals surface area (Å²) in [5, 5.41) is 3.71. The molecule has 1 heterocycles. The second-order valence-electron chi connectivity index (χ2n) is 8.77. The molecule has 0 fully saturated rings. The minimum atomic E-state index is -0.611. The molecule has 0 amide bonds. The number of nitrogens with one attached hydrogen (secondary N) is 1. The van der Waals surface area contributed by atoms with E-state index in [1.807, 2.05) is 51.1 Å². The maximum atomic E-state index is 12.7. The normalized spacial score (nSPS) is 12.5. The van der Waals surface area contributed by atoms with Crippen LogP contribution in [0.1, 0.15) is 34.1 Å². The van der Waals surface area contributed by atoms with Crippen LogP contribution in [0.5, 0.6) is 5.75 Å². The van der Waals surface area contributed by atoms with E-state index in [2.05, 4.69) is 12.2 Å². The highest BCUT2D eigenvalue weighted by molar-refractivity contribution is 5.84. The summed E-state index contributed by atoms with van der Waals surface area (Å²) in [5.74, 6) is 0.615. The highest BCUT2D eigenvalue weighted by Crippen LogP contribution is 2.28. The van der Waals surface area contributed by atoms with E-state index >= 15 is 0 Å². The number of hydrogen-bond acceptors (Lipinski definition) is 6. The van der Waals surface area contributed by atoms with E-state index < -0.39 is 11.5 Å². The Morgan fingerprint density at radius 1 is 1.09 bits per heavy atom. The molecule has 1 atom stereocenters. The van der Waals surface area contributed by atoms with E-state index in [-0.39, 0.29) is 18.0 Å². The van der Waals surface area contributed by atoms with Crippen LogP contribution in [0.3, 0.4) is 0 Å². The van der Waals surface area contributed by atoms with Gasteiger partial charge in [0.05, 0.1) is 10.8 Å². The van der Waals surface area contributed by atoms with Crippen LogP contribution < -0.4 is 15.5 Å². The van der Waals surface area contributed by atoms with Crippen molar-refractivity contribution in [3.8, 4) is 17.1 Å². The van der Waals surface area contributed by atoms with Crippen molar-refractivity contribution in [1.29, 1.82) is 0 Å². The third-order valence-corrected chi connectivity index (χ3v) is 4.89. The second-order valence-corrected chi connectivity index (χ2v) is 8.77. The molecule has 0 saturated carbocycles. The quantitative estimate of drug-likeness (QED) is 0.383. The topological polar surface area (TPSA) is 77.8 Å². The van der Waals surface area contributed by atoms with Crippen LogP contribution in [-0.4, -0.2) is 31.8 Å². The van der Waals surface area contributed by atoms with Crippen LogP contribution in [-0.2, 0) is 9.53 Å². The summed E-state index contributed by atoms with van der Waals surface area (Å²) in [5.41, 5.74) is 0.430. The van der Waals surface area contributed by atoms with Gasteiger partial charge in [-0.05, 0) is 45.9 Å². The maximum Gasteiger partial charge on any atom is 0.311 e. The molecule has 2 aromatic carbocycles. The molecule has 1 unspecified atom stereocenters. The second kappa shape index (κ2) is 10.5. The first-order valence-electron chi connectivity index (χ1n) is 11.0. The van der Waals surface area contributed by atoms with E-state index in [1.54, 1.807) is 18.2 Å². The number of para-hydroxylation sites is 1. The maximum absolute atomic E-state index is 12.7. The van der Waals surface area contributed by atoms with Gasteiger partial charge in [-0.15, -0.1) is 0 Å². The van der Waals surface area contributed by atoms with Gasteiger partial charge >= 0.3 is 5.97 Å². The van der Waals surface area contributed by atoms with Crippen molar-refractivity contribution in [3.63, 3.8) is 0 Å². The Morgan fingerprint density at radius 2 is 1.84 bits per heavy atom. The molecule has 1 aromatic heterocycles. The first-order chi connectivity index (χ1) is 15.3. The molecule has 0 aliphatic carbocycles. The van der Waals surface area contributed by atoms with Crippen molar-refractivity contribution in [2.75, 3.05) is 19.7 Å². The van der Waals surface area contributed by atoms with Crippen LogP contribution >= 0.6 is 0 Å². The lowest BCUT2D eigenvalue weighted by atomic mass is 9.97. The van der Waals surface area contributed by atoms with Crippen LogP contribution in [0.25, 0.3) is 22.3 Å². The van der Waals surface area contributed by atoms with Gasteiger partial charge in [0, 0.05) is 18.2 Å². The lowest BCUT2D eigenvalue weighted by Crippen LogP contribution is -2.38. The standard InChI is InChI=1S/C26H31NO5/c1-5-14-27-16-19(31-25(29)26(2,3)4)17-30-22-13-9-12-20-21(28)15-23(32-24(20)22)18-10-7-6-8-11-18/h6-13,15,19,27H,5,14,16-17H2,1-4H3. The van der Waals surface area contributed by atoms with E-state index in [0.29, 0.717) is 29.0 Å². The minimum Gasteiger partial charge on any atom is -0.486 e. The smallest absolute Gasteiger partial charge is 0.311 e. The first kappa shape index (κ1) is 23.5. The van der Waals surface area contributed by atoms with Crippen LogP contribution in [0.2, 0.25) is 0 Å². The zero-order valence-electron chi connectivity index (χ0n) is 19.1. The fourth-order valence-electron chi connectivity index (χ4n) is 3.10. The van der Waals surface area contributed by atoms with Crippen molar-refractivity contribution in [2.45, 2.75) is 40.2 Å². The summed E-state index contributed by atoms with van der Waals surface area (Å²) < 4.78 is 17.8. The monoisotopic (exact) mass is 437 g/mol. The Hall–Kier alpha value is -3.12. The highest BCUT2D eigenvalue weighted by atomic mass is 16.6. The van der Waals surface area contributed by atoms with Crippen LogP contribution in [0.15, 0.2) is 63.8 Å². The Kier molecular flexibility index (Phi) is 7.70. The Morgan fingerprint density at radius 3 is 2.53 bits per heavy atom. The predicted molar refractivity (Wildman–Crippen MR) is 126 cm³/mol. The van der Waals surface area contributed by atoms with Gasteiger partial charge in [0.1, 0.15) is 18.5 Å². The average Bonchev–Trinajstić information content (AvgIpc) is 2.77. The zero-order valence-corrected chi connectivity index (χ0v) is 19.1. The third kappa shape index (κ3) is 5.98. The Balaban J connectivity index is 1.86. The minimum absolute atomic E-state index is 0.136. The molecule has 0 radical (unpaired) electrons. The zero-order chi connectivity index (χ0) is 23.1. The van der Waals surface area contributed by atoms with Crippen molar-refractivity contribution in [3.05, 3.63) is 64.8 Å². The summed E-state index contributed by atoms with van der Waals surface area (Å²) in [6, 6.07) is 16.2. The molecule has 6 nitrogen and oxygen atoms in total. The summed E-state index contributed by atoms with van der Waals surface area (Å²) in [6.45, 7) is 8.94. The molecule has 0 bridgehead atoms. The molecule has 3 rings (SSSR count). The van der Waals surface area contributed by atoms with Gasteiger partial charge in [-0.3, -0.25) is 9.59 Å². The number of carbonyl (C=O) groups is 1. The Labute approximate surface area is 188 Å². The van der Waals surface area contributed by atoms with E-state index in [1.165, 1.54) is 6.07 Å². The molecule has 3 aromatic rings. The van der Waals surface area contributed by atoms with E-state index in [0.717, 1.165) is 18.5 Å². The average molecular weight is 438 g/mol. The first-order valence-corrected chi connectivity index (χ1v) is 11.0. The summed E-state index contributed by atoms with van der Waals surface area (Å²) in [7, 11) is 0. The SMILES string of the molecule is CCCNCC(COc1cccc2c(=O)cc(-c3ccccc3)oc12)OC(=O)C(C)(C)C. The van der Waals surface area contributed by atoms with Crippen molar-refractivity contribution < 1.29 is 18.7 Å². The molecule has 170 valence electrons. The van der Waals surface area contributed by atoms with Crippen molar-refractivity contribution in [2.24, 2.45) is 5.41 Å². The lowest BCUT2D eigenvalue weighted by Gasteiger charge is -2.24. The predicted octanol–water partition coefficient (Wildman–Crippen LogP) is 4.80. The molecule has 32 heavy (non-hydrogen) atoms. The molecular formula is C26H31NO5. The molecular weight excluding hydrogens is 406 g/mol. The van der Waals surface area contributed by atoms with Gasteiger partial charge in [-0.2, -0.15) is 0 Å². The summed E-state index contributed by atoms with van der Waals surface area (Å²) in [6.07, 6.45) is 0.491. The van der Waals surface area contributed by atoms with Gasteiger partial charge in [0.25, 0.3) is 0 Å². The van der Waals surface area contributed by atoms with Gasteiger partial charge < -0.3 is 19.2 Å². The van der Waals surface area contributed by atoms with Gasteiger partial charge in [-0.1, -0.05) is 43.3 Å². The summed E-state index contributed by atoms with van der Waals surface area (Å²) in [4.78, 5) is 25.1. The fourth-order valence-corrected chi connectivity index (χ4v) is 3.10. The van der Waals surface area contributed by atoms with E-state index in [4.69, 9.17) is 13.9 Å². The Bertz CT molecular complexity index is 1100. The number of fused-ring (bicyclic) bond motifs is 1. The van der Waals surface area contributed by atoms with Gasteiger partial charge in [-0.25, -0.2) is 0 Å². The van der Waals surface area contributed by atoms with Crippen LogP contribution in [0.4, 0.5) is 0 Å². The van der Waals surface area contributed by atoms with Gasteiger partial charge in [0.15, 0.2) is 16.8 Å². The molecule has 0 saturated heterocycles. The number of carbonyl (C=O) groups excluding carboxylic acids is 1. The van der Waals surface area contributed by atoms with Crippen LogP contribution in [0, 0.1) is 5.41 Å². The molecule has 0 aliphatic rings. The molecule has 0 aliphatic heterocycles. The molecule has 1 N–H and O–H groups in total. The number of ether oxygens (including phenoxy) is 2. The lowest BCUT2D eigenvalue weighted by molar-refractivity contribution is -0.159. The number of benzene rings is 2. The molecule has 0 spiro atoms. The highest BCUT2D eigenvalue weighted by Gasteiger charge is 2.27. The summed E-state index contributed by atoms with van der Waals surface area (Å²) >= 11 is 0. The van der Waals surface area contributed by atoms with Crippen molar-refractivity contribution >= 4 is 16.9 Å². The largest absolute Gasteiger partial charge is 0.486 e. The number of hydrogen-bond donors (Lipinski definition) is 1. The molecule has 6 heteroatoms. The third-order valence-electron chi connectivity index (χ3n) is 4.89.